The molecule has 0 radical (unpaired) electrons. The second kappa shape index (κ2) is 9.36. The van der Waals surface area contributed by atoms with E-state index in [9.17, 15) is 19.5 Å². The second-order valence-corrected chi connectivity index (χ2v) is 10.0. The molecule has 0 bridgehead atoms. The minimum Gasteiger partial charge on any atom is -0.480 e. The molecular formula is C28H32N2O5. The van der Waals surface area contributed by atoms with Crippen LogP contribution in [-0.2, 0) is 14.3 Å². The van der Waals surface area contributed by atoms with Crippen LogP contribution in [0.5, 0.6) is 0 Å². The highest BCUT2D eigenvalue weighted by atomic mass is 16.5. The topological polar surface area (TPSA) is 95.9 Å². The Labute approximate surface area is 205 Å². The number of fused-ring (bicyclic) bond motifs is 4. The number of likely N-dealkylation sites (N-methyl/N-ethyl adjacent to an activating group) is 1. The Morgan fingerprint density at radius 1 is 1.03 bits per heavy atom. The summed E-state index contributed by atoms with van der Waals surface area (Å²) in [6, 6.07) is 15.7. The van der Waals surface area contributed by atoms with Gasteiger partial charge in [0.25, 0.3) is 0 Å². The molecule has 184 valence electrons. The Morgan fingerprint density at radius 3 is 2.26 bits per heavy atom. The minimum absolute atomic E-state index is 0.000393. The largest absolute Gasteiger partial charge is 0.480 e. The van der Waals surface area contributed by atoms with Gasteiger partial charge in [-0.05, 0) is 67.2 Å². The summed E-state index contributed by atoms with van der Waals surface area (Å²) >= 11 is 0. The highest BCUT2D eigenvalue weighted by molar-refractivity contribution is 5.85. The number of benzene rings is 2. The maximum absolute atomic E-state index is 13.0. The number of carbonyl (C=O) groups excluding carboxylic acids is 2. The first kappa shape index (κ1) is 23.4. The van der Waals surface area contributed by atoms with Crippen molar-refractivity contribution >= 4 is 18.0 Å². The van der Waals surface area contributed by atoms with Crippen LogP contribution < -0.4 is 5.32 Å². The van der Waals surface area contributed by atoms with Crippen molar-refractivity contribution < 1.29 is 24.2 Å². The average molecular weight is 477 g/mol. The number of amides is 2. The Morgan fingerprint density at radius 2 is 1.66 bits per heavy atom. The molecule has 0 heterocycles. The van der Waals surface area contributed by atoms with Crippen LogP contribution in [-0.4, -0.2) is 53.2 Å². The number of carboxylic acid groups (broad SMARTS) is 1. The first-order chi connectivity index (χ1) is 16.9. The number of carboxylic acids is 1. The Kier molecular flexibility index (Phi) is 6.26. The third kappa shape index (κ3) is 4.17. The number of nitrogens with one attached hydrogen (secondary N) is 1. The van der Waals surface area contributed by atoms with E-state index in [4.69, 9.17) is 4.74 Å². The number of ether oxygens (including phenoxy) is 1. The Balaban J connectivity index is 1.16. The summed E-state index contributed by atoms with van der Waals surface area (Å²) in [5, 5.41) is 12.3. The maximum atomic E-state index is 13.0. The quantitative estimate of drug-likeness (QED) is 0.623. The molecule has 0 spiro atoms. The van der Waals surface area contributed by atoms with Crippen LogP contribution in [0.15, 0.2) is 48.5 Å². The van der Waals surface area contributed by atoms with E-state index in [1.807, 2.05) is 31.2 Å². The van der Waals surface area contributed by atoms with Crippen molar-refractivity contribution in [3.63, 3.8) is 0 Å². The van der Waals surface area contributed by atoms with Gasteiger partial charge in [-0.3, -0.25) is 4.79 Å². The average Bonchev–Trinajstić information content (AvgIpc) is 3.36. The van der Waals surface area contributed by atoms with Crippen molar-refractivity contribution in [3.8, 4) is 11.1 Å². The monoisotopic (exact) mass is 476 g/mol. The van der Waals surface area contributed by atoms with Crippen molar-refractivity contribution in [1.29, 1.82) is 0 Å². The molecule has 3 aliphatic rings. The van der Waals surface area contributed by atoms with Gasteiger partial charge in [0.15, 0.2) is 0 Å². The van der Waals surface area contributed by atoms with Crippen molar-refractivity contribution in [2.45, 2.75) is 51.1 Å². The number of hydrogen-bond donors (Lipinski definition) is 2. The molecule has 3 aliphatic carbocycles. The van der Waals surface area contributed by atoms with E-state index in [0.29, 0.717) is 18.9 Å². The van der Waals surface area contributed by atoms with Gasteiger partial charge in [0, 0.05) is 24.4 Å². The Bertz CT molecular complexity index is 1100. The van der Waals surface area contributed by atoms with E-state index in [0.717, 1.165) is 12.8 Å². The van der Waals surface area contributed by atoms with Crippen molar-refractivity contribution in [2.24, 2.45) is 17.8 Å². The van der Waals surface area contributed by atoms with Crippen LogP contribution in [0.3, 0.4) is 0 Å². The molecule has 35 heavy (non-hydrogen) atoms. The van der Waals surface area contributed by atoms with Crippen molar-refractivity contribution in [1.82, 2.24) is 10.2 Å². The number of rotatable bonds is 7. The third-order valence-electron chi connectivity index (χ3n) is 8.27. The predicted octanol–water partition coefficient (Wildman–Crippen LogP) is 4.26. The van der Waals surface area contributed by atoms with Gasteiger partial charge in [-0.15, -0.1) is 0 Å². The van der Waals surface area contributed by atoms with Gasteiger partial charge in [0.1, 0.15) is 12.6 Å². The molecule has 2 saturated carbocycles. The lowest BCUT2D eigenvalue weighted by atomic mass is 9.71. The molecule has 7 nitrogen and oxygen atoms in total. The maximum Gasteiger partial charge on any atom is 0.407 e. The Hall–Kier alpha value is -3.35. The highest BCUT2D eigenvalue weighted by Crippen LogP contribution is 2.50. The molecule has 7 heteroatoms. The normalized spacial score (nSPS) is 25.0. The van der Waals surface area contributed by atoms with E-state index >= 15 is 0 Å². The lowest BCUT2D eigenvalue weighted by Crippen LogP contribution is -2.50. The van der Waals surface area contributed by atoms with E-state index in [1.54, 1.807) is 6.92 Å². The summed E-state index contributed by atoms with van der Waals surface area (Å²) in [5.41, 5.74) is 4.75. The zero-order valence-corrected chi connectivity index (χ0v) is 20.1. The van der Waals surface area contributed by atoms with Crippen LogP contribution >= 0.6 is 0 Å². The molecule has 2 fully saturated rings. The molecule has 2 amide bonds. The van der Waals surface area contributed by atoms with Crippen LogP contribution in [0.1, 0.15) is 50.2 Å². The van der Waals surface area contributed by atoms with Crippen molar-refractivity contribution in [2.75, 3.05) is 13.2 Å². The van der Waals surface area contributed by atoms with E-state index in [-0.39, 0.29) is 36.3 Å². The molecule has 5 atom stereocenters. The lowest BCUT2D eigenvalue weighted by Gasteiger charge is -2.40. The second-order valence-electron chi connectivity index (χ2n) is 10.0. The first-order valence-electron chi connectivity index (χ1n) is 12.5. The summed E-state index contributed by atoms with van der Waals surface area (Å²) in [6.07, 6.45) is 1.86. The van der Waals surface area contributed by atoms with Gasteiger partial charge in [-0.25, -0.2) is 9.59 Å². The zero-order valence-electron chi connectivity index (χ0n) is 20.1. The van der Waals surface area contributed by atoms with Gasteiger partial charge in [-0.2, -0.15) is 0 Å². The zero-order chi connectivity index (χ0) is 24.7. The van der Waals surface area contributed by atoms with Gasteiger partial charge in [-0.1, -0.05) is 48.5 Å². The molecular weight excluding hydrogens is 444 g/mol. The number of hydrogen-bond acceptors (Lipinski definition) is 4. The third-order valence-corrected chi connectivity index (χ3v) is 8.27. The molecule has 0 aromatic heterocycles. The fourth-order valence-corrected chi connectivity index (χ4v) is 6.37. The fraction of sp³-hybridized carbons (Fsp3) is 0.464. The molecule has 2 aromatic rings. The van der Waals surface area contributed by atoms with Crippen LogP contribution in [0.2, 0.25) is 0 Å². The standard InChI is InChI=1S/C28H32N2O5/c1-3-30(16(2)27(32)33)26(31)18-12-17-14-25(23(17)13-18)29-28(34)35-15-24-21-10-6-4-8-19(21)20-9-5-7-11-22(20)24/h4-11,16-18,23-25H,3,12-15H2,1-2H3,(H,29,34)(H,32,33)/t16?,17-,18?,23-,25+/m1/s1. The molecule has 2 N–H and O–H groups in total. The van der Waals surface area contributed by atoms with Gasteiger partial charge in [0.2, 0.25) is 5.91 Å². The minimum atomic E-state index is -0.990. The molecule has 2 unspecified atom stereocenters. The number of alkyl carbamates (subject to hydrolysis) is 1. The number of aliphatic carboxylic acids is 1. The van der Waals surface area contributed by atoms with Crippen LogP contribution in [0.4, 0.5) is 4.79 Å². The van der Waals surface area contributed by atoms with Crippen molar-refractivity contribution in [3.05, 3.63) is 59.7 Å². The molecule has 0 aliphatic heterocycles. The van der Waals surface area contributed by atoms with E-state index < -0.39 is 18.1 Å². The summed E-state index contributed by atoms with van der Waals surface area (Å²) in [5.74, 6) is -0.606. The summed E-state index contributed by atoms with van der Waals surface area (Å²) < 4.78 is 5.69. The fourth-order valence-electron chi connectivity index (χ4n) is 6.37. The lowest BCUT2D eigenvalue weighted by molar-refractivity contribution is -0.151. The molecule has 5 rings (SSSR count). The van der Waals surface area contributed by atoms with E-state index in [2.05, 4.69) is 29.6 Å². The SMILES string of the molecule is CCN(C(=O)C1C[C@@H]2C[C@H](NC(=O)OCC3c4ccccc4-c4ccccc43)[C@@H]2C1)C(C)C(=O)O. The molecule has 2 aromatic carbocycles. The molecule has 0 saturated heterocycles. The highest BCUT2D eigenvalue weighted by Gasteiger charge is 2.51. The number of nitrogens with zero attached hydrogens (tertiary/aromatic N) is 1. The van der Waals surface area contributed by atoms with Gasteiger partial charge >= 0.3 is 12.1 Å². The van der Waals surface area contributed by atoms with Crippen LogP contribution in [0, 0.1) is 17.8 Å². The smallest absolute Gasteiger partial charge is 0.407 e. The van der Waals surface area contributed by atoms with Gasteiger partial charge in [0.05, 0.1) is 0 Å². The van der Waals surface area contributed by atoms with Crippen LogP contribution in [0.25, 0.3) is 11.1 Å². The first-order valence-corrected chi connectivity index (χ1v) is 12.5. The van der Waals surface area contributed by atoms with E-state index in [1.165, 1.54) is 27.2 Å². The summed E-state index contributed by atoms with van der Waals surface area (Å²) in [6.45, 7) is 4.01. The predicted molar refractivity (Wildman–Crippen MR) is 131 cm³/mol. The van der Waals surface area contributed by atoms with Gasteiger partial charge < -0.3 is 20.1 Å². The summed E-state index contributed by atoms with van der Waals surface area (Å²) in [4.78, 5) is 38.5. The number of carbonyl (C=O) groups is 3. The summed E-state index contributed by atoms with van der Waals surface area (Å²) in [7, 11) is 0.